The van der Waals surface area contributed by atoms with Gasteiger partial charge < -0.3 is 5.11 Å². The van der Waals surface area contributed by atoms with Crippen LogP contribution in [0.2, 0.25) is 0 Å². The number of aromatic nitrogens is 3. The molecule has 98 valence electrons. The lowest BCUT2D eigenvalue weighted by Gasteiger charge is -2.04. The topological polar surface area (TPSA) is 116 Å². The molecule has 1 aromatic carbocycles. The lowest BCUT2D eigenvalue weighted by Crippen LogP contribution is -2.24. The number of carboxylic acid groups (broad SMARTS) is 1. The first-order chi connectivity index (χ1) is 8.97. The highest BCUT2D eigenvalue weighted by molar-refractivity contribution is 7.99. The van der Waals surface area contributed by atoms with E-state index in [-0.39, 0.29) is 10.6 Å². The zero-order valence-corrected chi connectivity index (χ0v) is 10.6. The number of carboxylic acids is 1. The SMILES string of the molecule is Cc1ccc(Sc2n[nH]c(=O)[nH]c2=O)cc1C(=O)O. The summed E-state index contributed by atoms with van der Waals surface area (Å²) in [6, 6.07) is 4.78. The molecule has 0 amide bonds. The second-order valence-corrected chi connectivity index (χ2v) is 4.76. The average Bonchev–Trinajstić information content (AvgIpc) is 2.34. The average molecular weight is 279 g/mol. The zero-order valence-electron chi connectivity index (χ0n) is 9.76. The Kier molecular flexibility index (Phi) is 3.52. The predicted octanol–water partition coefficient (Wildman–Crippen LogP) is 0.616. The van der Waals surface area contributed by atoms with E-state index in [1.807, 2.05) is 4.98 Å². The number of hydrogen-bond acceptors (Lipinski definition) is 5. The van der Waals surface area contributed by atoms with Crippen LogP contribution in [0.1, 0.15) is 15.9 Å². The number of nitrogens with one attached hydrogen (secondary N) is 2. The molecule has 0 aliphatic heterocycles. The van der Waals surface area contributed by atoms with Gasteiger partial charge in [-0.1, -0.05) is 17.8 Å². The van der Waals surface area contributed by atoms with Crippen molar-refractivity contribution < 1.29 is 9.90 Å². The molecule has 0 bridgehead atoms. The molecule has 0 spiro atoms. The van der Waals surface area contributed by atoms with Gasteiger partial charge in [-0.3, -0.25) is 9.78 Å². The maximum atomic E-state index is 11.5. The van der Waals surface area contributed by atoms with Crippen LogP contribution >= 0.6 is 11.8 Å². The molecule has 19 heavy (non-hydrogen) atoms. The van der Waals surface area contributed by atoms with Crippen molar-refractivity contribution in [3.63, 3.8) is 0 Å². The van der Waals surface area contributed by atoms with Gasteiger partial charge >= 0.3 is 11.7 Å². The molecule has 1 aromatic heterocycles. The molecule has 3 N–H and O–H groups in total. The van der Waals surface area contributed by atoms with Gasteiger partial charge in [0.25, 0.3) is 5.56 Å². The Morgan fingerprint density at radius 3 is 2.74 bits per heavy atom. The van der Waals surface area contributed by atoms with Crippen molar-refractivity contribution in [2.75, 3.05) is 0 Å². The maximum absolute atomic E-state index is 11.5. The van der Waals surface area contributed by atoms with E-state index in [1.54, 1.807) is 19.1 Å². The Balaban J connectivity index is 2.39. The number of aromatic carboxylic acids is 1. The Hall–Kier alpha value is -2.35. The third-order valence-corrected chi connectivity index (χ3v) is 3.29. The summed E-state index contributed by atoms with van der Waals surface area (Å²) in [5.74, 6) is -1.04. The van der Waals surface area contributed by atoms with Crippen molar-refractivity contribution in [3.05, 3.63) is 50.2 Å². The minimum atomic E-state index is -1.04. The van der Waals surface area contributed by atoms with E-state index in [0.29, 0.717) is 10.5 Å². The molecule has 0 fully saturated rings. The highest BCUT2D eigenvalue weighted by atomic mass is 32.2. The maximum Gasteiger partial charge on any atom is 0.342 e. The number of aryl methyl sites for hydroxylation is 1. The summed E-state index contributed by atoms with van der Waals surface area (Å²) < 4.78 is 0. The van der Waals surface area contributed by atoms with E-state index >= 15 is 0 Å². The first-order valence-corrected chi connectivity index (χ1v) is 6.00. The van der Waals surface area contributed by atoms with Gasteiger partial charge in [-0.05, 0) is 24.6 Å². The largest absolute Gasteiger partial charge is 0.478 e. The standard InChI is InChI=1S/C11H9N3O4S/c1-5-2-3-6(4-7(5)10(16)17)19-9-8(15)12-11(18)14-13-9/h2-4H,1H3,(H,16,17)(H2,12,14,15,18). The van der Waals surface area contributed by atoms with Crippen LogP contribution in [0, 0.1) is 6.92 Å². The van der Waals surface area contributed by atoms with Crippen molar-refractivity contribution in [3.8, 4) is 0 Å². The molecular weight excluding hydrogens is 270 g/mol. The van der Waals surface area contributed by atoms with Crippen molar-refractivity contribution in [2.45, 2.75) is 16.8 Å². The second-order valence-electron chi connectivity index (χ2n) is 3.70. The first kappa shape index (κ1) is 13.1. The van der Waals surface area contributed by atoms with Crippen LogP contribution < -0.4 is 11.2 Å². The zero-order chi connectivity index (χ0) is 14.0. The smallest absolute Gasteiger partial charge is 0.342 e. The molecule has 0 aliphatic carbocycles. The Labute approximate surface area is 110 Å². The molecule has 0 aliphatic rings. The number of aromatic amines is 2. The number of benzene rings is 1. The molecule has 1 heterocycles. The molecule has 0 atom stereocenters. The monoisotopic (exact) mass is 279 g/mol. The number of hydrogen-bond donors (Lipinski definition) is 3. The van der Waals surface area contributed by atoms with Gasteiger partial charge in [-0.15, -0.1) is 0 Å². The van der Waals surface area contributed by atoms with Gasteiger partial charge in [0, 0.05) is 4.90 Å². The van der Waals surface area contributed by atoms with E-state index in [4.69, 9.17) is 5.11 Å². The third-order valence-electron chi connectivity index (χ3n) is 2.33. The van der Waals surface area contributed by atoms with Crippen LogP contribution in [0.4, 0.5) is 0 Å². The number of nitrogens with zero attached hydrogens (tertiary/aromatic N) is 1. The molecule has 0 saturated carbocycles. The third kappa shape index (κ3) is 2.91. The van der Waals surface area contributed by atoms with Crippen LogP contribution in [-0.2, 0) is 0 Å². The normalized spacial score (nSPS) is 10.4. The van der Waals surface area contributed by atoms with E-state index in [0.717, 1.165) is 11.8 Å². The fourth-order valence-corrected chi connectivity index (χ4v) is 2.18. The van der Waals surface area contributed by atoms with Crippen LogP contribution in [0.15, 0.2) is 37.7 Å². The van der Waals surface area contributed by atoms with E-state index < -0.39 is 17.2 Å². The van der Waals surface area contributed by atoms with Crippen molar-refractivity contribution in [1.82, 2.24) is 15.2 Å². The number of carbonyl (C=O) groups is 1. The lowest BCUT2D eigenvalue weighted by molar-refractivity contribution is 0.0696. The summed E-state index contributed by atoms with van der Waals surface area (Å²) in [5.41, 5.74) is -0.526. The fraction of sp³-hybridized carbons (Fsp3) is 0.0909. The molecular formula is C11H9N3O4S. The minimum Gasteiger partial charge on any atom is -0.478 e. The summed E-state index contributed by atoms with van der Waals surface area (Å²) in [5, 5.41) is 14.8. The van der Waals surface area contributed by atoms with Gasteiger partial charge in [-0.2, -0.15) is 5.10 Å². The van der Waals surface area contributed by atoms with Gasteiger partial charge in [0.05, 0.1) is 5.56 Å². The highest BCUT2D eigenvalue weighted by Gasteiger charge is 2.10. The molecule has 7 nitrogen and oxygen atoms in total. The van der Waals surface area contributed by atoms with Crippen molar-refractivity contribution in [1.29, 1.82) is 0 Å². The fourth-order valence-electron chi connectivity index (χ4n) is 1.41. The first-order valence-electron chi connectivity index (χ1n) is 5.18. The number of rotatable bonds is 3. The van der Waals surface area contributed by atoms with Gasteiger partial charge in [-0.25, -0.2) is 14.7 Å². The van der Waals surface area contributed by atoms with E-state index in [1.165, 1.54) is 6.07 Å². The second kappa shape index (κ2) is 5.11. The Morgan fingerprint density at radius 2 is 2.11 bits per heavy atom. The molecule has 2 aromatic rings. The van der Waals surface area contributed by atoms with Crippen molar-refractivity contribution in [2.24, 2.45) is 0 Å². The van der Waals surface area contributed by atoms with Crippen LogP contribution in [0.3, 0.4) is 0 Å². The van der Waals surface area contributed by atoms with Crippen LogP contribution in [-0.4, -0.2) is 26.3 Å². The van der Waals surface area contributed by atoms with Gasteiger partial charge in [0.2, 0.25) is 0 Å². The lowest BCUT2D eigenvalue weighted by atomic mass is 10.1. The summed E-state index contributed by atoms with van der Waals surface area (Å²) in [7, 11) is 0. The quantitative estimate of drug-likeness (QED) is 0.758. The summed E-state index contributed by atoms with van der Waals surface area (Å²) in [4.78, 5) is 35.9. The molecule has 0 saturated heterocycles. The van der Waals surface area contributed by atoms with Gasteiger partial charge in [0.15, 0.2) is 5.03 Å². The summed E-state index contributed by atoms with van der Waals surface area (Å²) >= 11 is 0.975. The summed E-state index contributed by atoms with van der Waals surface area (Å²) in [6.45, 7) is 1.68. The molecule has 8 heteroatoms. The Bertz CT molecular complexity index is 750. The van der Waals surface area contributed by atoms with Crippen molar-refractivity contribution >= 4 is 17.7 Å². The highest BCUT2D eigenvalue weighted by Crippen LogP contribution is 2.25. The number of H-pyrrole nitrogens is 2. The van der Waals surface area contributed by atoms with Crippen LogP contribution in [0.25, 0.3) is 0 Å². The predicted molar refractivity (Wildman–Crippen MR) is 67.7 cm³/mol. The molecule has 0 radical (unpaired) electrons. The minimum absolute atomic E-state index is 0.0415. The Morgan fingerprint density at radius 1 is 1.37 bits per heavy atom. The summed E-state index contributed by atoms with van der Waals surface area (Å²) in [6.07, 6.45) is 0. The van der Waals surface area contributed by atoms with E-state index in [2.05, 4.69) is 10.2 Å². The van der Waals surface area contributed by atoms with Gasteiger partial charge in [0.1, 0.15) is 0 Å². The molecule has 0 unspecified atom stereocenters. The van der Waals surface area contributed by atoms with Crippen LogP contribution in [0.5, 0.6) is 0 Å². The van der Waals surface area contributed by atoms with E-state index in [9.17, 15) is 14.4 Å². The molecule has 2 rings (SSSR count).